The van der Waals surface area contributed by atoms with Crippen molar-refractivity contribution in [1.29, 1.82) is 5.26 Å². The van der Waals surface area contributed by atoms with Crippen LogP contribution in [0, 0.1) is 57.7 Å². The molecule has 1 N–H and O–H groups in total. The highest BCUT2D eigenvalue weighted by molar-refractivity contribution is 5.25. The lowest BCUT2D eigenvalue weighted by atomic mass is 9.46. The van der Waals surface area contributed by atoms with Gasteiger partial charge in [-0.25, -0.2) is 0 Å². The highest BCUT2D eigenvalue weighted by Crippen LogP contribution is 2.67. The van der Waals surface area contributed by atoms with Crippen molar-refractivity contribution >= 4 is 0 Å². The minimum absolute atomic E-state index is 0.0395. The van der Waals surface area contributed by atoms with Crippen LogP contribution < -0.4 is 0 Å². The molecule has 4 aliphatic rings. The lowest BCUT2D eigenvalue weighted by Crippen LogP contribution is -2.50. The van der Waals surface area contributed by atoms with Gasteiger partial charge in [0, 0.05) is 11.8 Å². The van der Waals surface area contributed by atoms with Gasteiger partial charge < -0.3 is 5.11 Å². The molecule has 3 fully saturated rings. The fraction of sp³-hybridized carbons (Fsp3) is 0.870. The van der Waals surface area contributed by atoms with E-state index in [1.54, 1.807) is 5.57 Å². The summed E-state index contributed by atoms with van der Waals surface area (Å²) in [5.41, 5.74) is 2.30. The predicted molar refractivity (Wildman–Crippen MR) is 101 cm³/mol. The van der Waals surface area contributed by atoms with Gasteiger partial charge in [-0.2, -0.15) is 5.26 Å². The molecule has 4 rings (SSSR count). The monoisotopic (exact) mass is 341 g/mol. The van der Waals surface area contributed by atoms with Crippen molar-refractivity contribution in [3.05, 3.63) is 11.6 Å². The summed E-state index contributed by atoms with van der Waals surface area (Å²) >= 11 is 0. The Labute approximate surface area is 153 Å². The van der Waals surface area contributed by atoms with E-state index in [1.807, 2.05) is 6.92 Å². The third-order valence-corrected chi connectivity index (χ3v) is 9.20. The molecule has 0 heterocycles. The molecule has 0 amide bonds. The van der Waals surface area contributed by atoms with Crippen molar-refractivity contribution in [2.45, 2.75) is 78.7 Å². The van der Waals surface area contributed by atoms with Gasteiger partial charge in [0.2, 0.25) is 0 Å². The lowest BCUT2D eigenvalue weighted by Gasteiger charge is -2.58. The summed E-state index contributed by atoms with van der Waals surface area (Å²) < 4.78 is 0. The molecule has 2 heteroatoms. The van der Waals surface area contributed by atoms with Gasteiger partial charge >= 0.3 is 0 Å². The third-order valence-electron chi connectivity index (χ3n) is 9.20. The quantitative estimate of drug-likeness (QED) is 0.655. The molecule has 138 valence electrons. The van der Waals surface area contributed by atoms with Crippen LogP contribution in [0.2, 0.25) is 0 Å². The Morgan fingerprint density at radius 2 is 2.00 bits per heavy atom. The van der Waals surface area contributed by atoms with Crippen molar-refractivity contribution in [1.82, 2.24) is 0 Å². The smallest absolute Gasteiger partial charge is 0.0657 e. The zero-order valence-corrected chi connectivity index (χ0v) is 16.5. The third kappa shape index (κ3) is 2.38. The number of rotatable bonds is 1. The number of aliphatic hydroxyl groups is 1. The van der Waals surface area contributed by atoms with E-state index in [4.69, 9.17) is 0 Å². The van der Waals surface area contributed by atoms with Gasteiger partial charge in [0.1, 0.15) is 0 Å². The van der Waals surface area contributed by atoms with E-state index in [2.05, 4.69) is 32.9 Å². The largest absolute Gasteiger partial charge is 0.393 e. The van der Waals surface area contributed by atoms with Crippen LogP contribution in [-0.2, 0) is 0 Å². The average molecular weight is 342 g/mol. The Hall–Kier alpha value is -0.810. The Kier molecular flexibility index (Phi) is 4.12. The molecule has 0 bridgehead atoms. The molecule has 0 aromatic carbocycles. The zero-order valence-electron chi connectivity index (χ0n) is 16.5. The molecule has 4 aliphatic carbocycles. The number of nitriles is 1. The summed E-state index contributed by atoms with van der Waals surface area (Å²) in [6.07, 6.45) is 11.0. The highest BCUT2D eigenvalue weighted by Gasteiger charge is 2.61. The van der Waals surface area contributed by atoms with Crippen LogP contribution in [0.1, 0.15) is 72.6 Å². The van der Waals surface area contributed by atoms with Gasteiger partial charge in [0.25, 0.3) is 0 Å². The first kappa shape index (κ1) is 17.6. The second-order valence-electron chi connectivity index (χ2n) is 10.4. The second-order valence-corrected chi connectivity index (χ2v) is 10.4. The van der Waals surface area contributed by atoms with E-state index in [-0.39, 0.29) is 23.4 Å². The van der Waals surface area contributed by atoms with Crippen molar-refractivity contribution < 1.29 is 5.11 Å². The number of aliphatic hydroxyl groups excluding tert-OH is 1. The fourth-order valence-electron chi connectivity index (χ4n) is 7.88. The molecule has 0 spiro atoms. The Bertz CT molecular complexity index is 618. The van der Waals surface area contributed by atoms with E-state index in [9.17, 15) is 10.4 Å². The van der Waals surface area contributed by atoms with Gasteiger partial charge in [-0.15, -0.1) is 0 Å². The van der Waals surface area contributed by atoms with Crippen LogP contribution in [0.25, 0.3) is 0 Å². The Morgan fingerprint density at radius 3 is 2.72 bits per heavy atom. The van der Waals surface area contributed by atoms with Gasteiger partial charge in [-0.05, 0) is 86.4 Å². The second kappa shape index (κ2) is 5.85. The maximum Gasteiger partial charge on any atom is 0.0657 e. The molecule has 0 aliphatic heterocycles. The maximum atomic E-state index is 10.8. The summed E-state index contributed by atoms with van der Waals surface area (Å²) in [4.78, 5) is 0. The zero-order chi connectivity index (χ0) is 18.0. The lowest BCUT2D eigenvalue weighted by molar-refractivity contribution is -0.0522. The normalized spacial score (nSPS) is 53.0. The van der Waals surface area contributed by atoms with Crippen molar-refractivity contribution in [3.63, 3.8) is 0 Å². The summed E-state index contributed by atoms with van der Waals surface area (Å²) in [6.45, 7) is 9.38. The average Bonchev–Trinajstić information content (AvgIpc) is 2.85. The molecular weight excluding hydrogens is 306 g/mol. The first-order valence-electron chi connectivity index (χ1n) is 10.6. The number of nitrogens with zero attached hydrogens (tertiary/aromatic N) is 1. The number of hydrogen-bond donors (Lipinski definition) is 1. The minimum atomic E-state index is -0.284. The molecule has 25 heavy (non-hydrogen) atoms. The van der Waals surface area contributed by atoms with Crippen LogP contribution in [-0.4, -0.2) is 11.2 Å². The maximum absolute atomic E-state index is 10.8. The highest BCUT2D eigenvalue weighted by atomic mass is 16.3. The van der Waals surface area contributed by atoms with Gasteiger partial charge in [-0.3, -0.25) is 0 Å². The standard InChI is InChI=1S/C23H35NO/c1-14-7-9-22(3)16(11-14)5-6-17-18(22)8-10-23(4)19(17)12-20(25)21(23)15(2)13-24/h5,14-15,17-21,25H,6-12H2,1-4H3/t14-,15?,17?,18?,19?,20-,21-,22-,23-/m0/s1. The molecular formula is C23H35NO. The molecule has 0 aromatic heterocycles. The van der Waals surface area contributed by atoms with Crippen LogP contribution in [0.5, 0.6) is 0 Å². The van der Waals surface area contributed by atoms with Crippen LogP contribution in [0.3, 0.4) is 0 Å². The van der Waals surface area contributed by atoms with Gasteiger partial charge in [-0.1, -0.05) is 32.4 Å². The van der Waals surface area contributed by atoms with E-state index < -0.39 is 0 Å². The van der Waals surface area contributed by atoms with E-state index in [0.717, 1.165) is 18.3 Å². The first-order valence-corrected chi connectivity index (χ1v) is 10.6. The summed E-state index contributed by atoms with van der Waals surface area (Å²) in [6, 6.07) is 2.45. The van der Waals surface area contributed by atoms with Gasteiger partial charge in [0.05, 0.1) is 12.2 Å². The number of allylic oxidation sites excluding steroid dienone is 2. The van der Waals surface area contributed by atoms with Crippen molar-refractivity contribution in [2.24, 2.45) is 46.3 Å². The van der Waals surface area contributed by atoms with E-state index >= 15 is 0 Å². The van der Waals surface area contributed by atoms with Crippen molar-refractivity contribution in [3.8, 4) is 6.07 Å². The minimum Gasteiger partial charge on any atom is -0.393 e. The fourth-order valence-corrected chi connectivity index (χ4v) is 7.88. The van der Waals surface area contributed by atoms with Crippen LogP contribution in [0.15, 0.2) is 11.6 Å². The topological polar surface area (TPSA) is 44.0 Å². The first-order chi connectivity index (χ1) is 11.8. The molecule has 9 atom stereocenters. The summed E-state index contributed by atoms with van der Waals surface area (Å²) in [5.74, 6) is 3.07. The van der Waals surface area contributed by atoms with Crippen LogP contribution >= 0.6 is 0 Å². The molecule has 4 unspecified atom stereocenters. The van der Waals surface area contributed by atoms with Crippen LogP contribution in [0.4, 0.5) is 0 Å². The molecule has 0 radical (unpaired) electrons. The Morgan fingerprint density at radius 1 is 1.24 bits per heavy atom. The van der Waals surface area contributed by atoms with E-state index in [0.29, 0.717) is 17.3 Å². The molecule has 0 saturated heterocycles. The van der Waals surface area contributed by atoms with Crippen molar-refractivity contribution in [2.75, 3.05) is 0 Å². The molecule has 0 aromatic rings. The summed E-state index contributed by atoms with van der Waals surface area (Å²) in [7, 11) is 0. The van der Waals surface area contributed by atoms with E-state index in [1.165, 1.54) is 38.5 Å². The predicted octanol–water partition coefficient (Wildman–Crippen LogP) is 5.33. The van der Waals surface area contributed by atoms with Gasteiger partial charge in [0.15, 0.2) is 0 Å². The number of hydrogen-bond acceptors (Lipinski definition) is 2. The Balaban J connectivity index is 1.67. The SMILES string of the molecule is CC(C#N)[C@H]1[C@@H](O)CC2C3CC=C4C[C@@H](C)CC[C@]4(C)C3CC[C@@]21C. The number of fused-ring (bicyclic) bond motifs is 5. The summed E-state index contributed by atoms with van der Waals surface area (Å²) in [5, 5.41) is 20.3. The molecule has 2 nitrogen and oxygen atoms in total. The molecule has 3 saturated carbocycles.